The van der Waals surface area contributed by atoms with Gasteiger partial charge in [0.1, 0.15) is 5.75 Å². The van der Waals surface area contributed by atoms with Crippen molar-refractivity contribution < 1.29 is 9.53 Å². The molecule has 1 rings (SSSR count). The zero-order chi connectivity index (χ0) is 15.1. The van der Waals surface area contributed by atoms with Gasteiger partial charge in [-0.25, -0.2) is 0 Å². The number of ether oxygens (including phenoxy) is 1. The highest BCUT2D eigenvalue weighted by molar-refractivity contribution is 6.30. The Morgan fingerprint density at radius 3 is 2.57 bits per heavy atom. The number of hydrogen-bond acceptors (Lipinski definition) is 3. The minimum Gasteiger partial charge on any atom is -0.481 e. The van der Waals surface area contributed by atoms with E-state index in [0.717, 1.165) is 6.42 Å². The second-order valence-electron chi connectivity index (χ2n) is 5.29. The van der Waals surface area contributed by atoms with Crippen LogP contribution in [-0.4, -0.2) is 24.6 Å². The van der Waals surface area contributed by atoms with Gasteiger partial charge in [0, 0.05) is 17.6 Å². The maximum atomic E-state index is 12.1. The van der Waals surface area contributed by atoms with E-state index in [1.165, 1.54) is 0 Å². The minimum atomic E-state index is -0.588. The molecule has 0 bridgehead atoms. The Kier molecular flexibility index (Phi) is 9.42. The SMILES string of the molecule is CC(C)CC(CN)NC(=O)C(C)Oc1cccc(Cl)c1.Cl. The van der Waals surface area contributed by atoms with Crippen molar-refractivity contribution in [2.75, 3.05) is 6.54 Å². The highest BCUT2D eigenvalue weighted by Crippen LogP contribution is 2.18. The van der Waals surface area contributed by atoms with Crippen LogP contribution in [0.2, 0.25) is 5.02 Å². The number of hydrogen-bond donors (Lipinski definition) is 2. The topological polar surface area (TPSA) is 64.3 Å². The largest absolute Gasteiger partial charge is 0.481 e. The second-order valence-corrected chi connectivity index (χ2v) is 5.72. The van der Waals surface area contributed by atoms with Gasteiger partial charge in [0.2, 0.25) is 0 Å². The zero-order valence-electron chi connectivity index (χ0n) is 12.6. The molecule has 21 heavy (non-hydrogen) atoms. The van der Waals surface area contributed by atoms with Crippen LogP contribution < -0.4 is 15.8 Å². The second kappa shape index (κ2) is 9.87. The first kappa shape index (κ1) is 20.0. The summed E-state index contributed by atoms with van der Waals surface area (Å²) in [6.07, 6.45) is 0.265. The molecular formula is C15H24Cl2N2O2. The number of rotatable bonds is 7. The molecule has 2 unspecified atom stereocenters. The summed E-state index contributed by atoms with van der Waals surface area (Å²) in [4.78, 5) is 12.1. The van der Waals surface area contributed by atoms with Crippen molar-refractivity contribution in [3.8, 4) is 5.75 Å². The first-order valence-electron chi connectivity index (χ1n) is 6.85. The number of nitrogens with one attached hydrogen (secondary N) is 1. The van der Waals surface area contributed by atoms with Gasteiger partial charge in [-0.3, -0.25) is 4.79 Å². The van der Waals surface area contributed by atoms with E-state index in [4.69, 9.17) is 22.1 Å². The molecule has 0 aliphatic rings. The molecule has 1 amide bonds. The Hall–Kier alpha value is -0.970. The normalized spacial score (nSPS) is 13.2. The van der Waals surface area contributed by atoms with Crippen molar-refractivity contribution in [1.82, 2.24) is 5.32 Å². The number of carbonyl (C=O) groups is 1. The molecule has 0 heterocycles. The lowest BCUT2D eigenvalue weighted by molar-refractivity contribution is -0.128. The van der Waals surface area contributed by atoms with Crippen LogP contribution in [0, 0.1) is 5.92 Å². The monoisotopic (exact) mass is 334 g/mol. The Balaban J connectivity index is 0.00000400. The summed E-state index contributed by atoms with van der Waals surface area (Å²) >= 11 is 5.87. The Morgan fingerprint density at radius 1 is 1.38 bits per heavy atom. The maximum absolute atomic E-state index is 12.1. The molecule has 4 nitrogen and oxygen atoms in total. The number of amides is 1. The standard InChI is InChI=1S/C15H23ClN2O2.ClH/c1-10(2)7-13(9-17)18-15(19)11(3)20-14-6-4-5-12(16)8-14;/h4-6,8,10-11,13H,7,9,17H2,1-3H3,(H,18,19);1H. The van der Waals surface area contributed by atoms with Gasteiger partial charge < -0.3 is 15.8 Å². The lowest BCUT2D eigenvalue weighted by atomic mass is 10.0. The molecule has 0 saturated heterocycles. The summed E-state index contributed by atoms with van der Waals surface area (Å²) in [5.74, 6) is 0.891. The van der Waals surface area contributed by atoms with Gasteiger partial charge in [0.05, 0.1) is 0 Å². The van der Waals surface area contributed by atoms with Gasteiger partial charge in [-0.2, -0.15) is 0 Å². The molecule has 0 fully saturated rings. The minimum absolute atomic E-state index is 0. The highest BCUT2D eigenvalue weighted by Gasteiger charge is 2.19. The number of benzene rings is 1. The van der Waals surface area contributed by atoms with Crippen LogP contribution in [-0.2, 0) is 4.79 Å². The molecule has 0 spiro atoms. The van der Waals surface area contributed by atoms with Gasteiger partial charge in [0.25, 0.3) is 5.91 Å². The van der Waals surface area contributed by atoms with Crippen molar-refractivity contribution in [3.63, 3.8) is 0 Å². The van der Waals surface area contributed by atoms with Crippen molar-refractivity contribution in [2.45, 2.75) is 39.3 Å². The third kappa shape index (κ3) is 7.55. The van der Waals surface area contributed by atoms with Crippen LogP contribution in [0.15, 0.2) is 24.3 Å². The van der Waals surface area contributed by atoms with E-state index < -0.39 is 6.10 Å². The third-order valence-electron chi connectivity index (χ3n) is 2.86. The van der Waals surface area contributed by atoms with Crippen molar-refractivity contribution in [1.29, 1.82) is 0 Å². The zero-order valence-corrected chi connectivity index (χ0v) is 14.2. The molecule has 6 heteroatoms. The van der Waals surface area contributed by atoms with Crippen LogP contribution in [0.4, 0.5) is 0 Å². The quantitative estimate of drug-likeness (QED) is 0.805. The summed E-state index contributed by atoms with van der Waals surface area (Å²) in [6.45, 7) is 6.33. The smallest absolute Gasteiger partial charge is 0.261 e. The lowest BCUT2D eigenvalue weighted by Crippen LogP contribution is -2.46. The van der Waals surface area contributed by atoms with E-state index in [2.05, 4.69) is 19.2 Å². The highest BCUT2D eigenvalue weighted by atomic mass is 35.5. The molecule has 0 aliphatic heterocycles. The Bertz CT molecular complexity index is 441. The first-order chi connectivity index (χ1) is 9.42. The molecule has 1 aromatic rings. The van der Waals surface area contributed by atoms with Gasteiger partial charge in [-0.05, 0) is 37.5 Å². The number of nitrogens with two attached hydrogens (primary N) is 1. The summed E-state index contributed by atoms with van der Waals surface area (Å²) in [7, 11) is 0. The average Bonchev–Trinajstić information content (AvgIpc) is 2.37. The summed E-state index contributed by atoms with van der Waals surface area (Å²) in [5, 5.41) is 3.49. The van der Waals surface area contributed by atoms with Crippen LogP contribution in [0.25, 0.3) is 0 Å². The van der Waals surface area contributed by atoms with Crippen LogP contribution in [0.1, 0.15) is 27.2 Å². The van der Waals surface area contributed by atoms with E-state index in [9.17, 15) is 4.79 Å². The van der Waals surface area contributed by atoms with Crippen LogP contribution in [0.5, 0.6) is 5.75 Å². The van der Waals surface area contributed by atoms with Crippen molar-refractivity contribution in [2.24, 2.45) is 11.7 Å². The van der Waals surface area contributed by atoms with Crippen molar-refractivity contribution >= 4 is 29.9 Å². The van der Waals surface area contributed by atoms with Gasteiger partial charge >= 0.3 is 0 Å². The Morgan fingerprint density at radius 2 is 2.05 bits per heavy atom. The predicted octanol–water partition coefficient (Wildman–Crippen LogP) is 3.02. The fourth-order valence-corrected chi connectivity index (χ4v) is 2.08. The third-order valence-corrected chi connectivity index (χ3v) is 3.10. The molecule has 2 atom stereocenters. The van der Waals surface area contributed by atoms with Crippen LogP contribution >= 0.6 is 24.0 Å². The van der Waals surface area contributed by atoms with Gasteiger partial charge in [0.15, 0.2) is 6.10 Å². The molecule has 120 valence electrons. The summed E-state index contributed by atoms with van der Waals surface area (Å²) < 4.78 is 5.57. The molecule has 0 aliphatic carbocycles. The summed E-state index contributed by atoms with van der Waals surface area (Å²) in [5.41, 5.74) is 5.67. The van der Waals surface area contributed by atoms with E-state index >= 15 is 0 Å². The summed E-state index contributed by atoms with van der Waals surface area (Å²) in [6, 6.07) is 6.97. The molecule has 3 N–H and O–H groups in total. The van der Waals surface area contributed by atoms with E-state index in [1.54, 1.807) is 31.2 Å². The van der Waals surface area contributed by atoms with Gasteiger partial charge in [-0.15, -0.1) is 12.4 Å². The molecular weight excluding hydrogens is 311 g/mol. The van der Waals surface area contributed by atoms with E-state index in [-0.39, 0.29) is 24.4 Å². The fourth-order valence-electron chi connectivity index (χ4n) is 1.90. The molecule has 0 aromatic heterocycles. The maximum Gasteiger partial charge on any atom is 0.261 e. The first-order valence-corrected chi connectivity index (χ1v) is 7.22. The number of carbonyl (C=O) groups excluding carboxylic acids is 1. The number of halogens is 2. The molecule has 0 saturated carbocycles. The van der Waals surface area contributed by atoms with E-state index in [0.29, 0.717) is 23.2 Å². The van der Waals surface area contributed by atoms with E-state index in [1.807, 2.05) is 0 Å². The molecule has 1 aromatic carbocycles. The molecule has 0 radical (unpaired) electrons. The van der Waals surface area contributed by atoms with Crippen molar-refractivity contribution in [3.05, 3.63) is 29.3 Å². The predicted molar refractivity (Wildman–Crippen MR) is 89.2 cm³/mol. The lowest BCUT2D eigenvalue weighted by Gasteiger charge is -2.21. The van der Waals surface area contributed by atoms with Gasteiger partial charge in [-0.1, -0.05) is 31.5 Å². The van der Waals surface area contributed by atoms with Crippen LogP contribution in [0.3, 0.4) is 0 Å². The average molecular weight is 335 g/mol. The Labute approximate surface area is 137 Å². The fraction of sp³-hybridized carbons (Fsp3) is 0.533.